The third kappa shape index (κ3) is 2.87. The maximum Gasteiger partial charge on any atom is 0.305 e. The highest BCUT2D eigenvalue weighted by Gasteiger charge is 2.18. The molecule has 4 heteroatoms. The molecule has 12 heavy (non-hydrogen) atoms. The highest BCUT2D eigenvalue weighted by Crippen LogP contribution is 2.04. The predicted octanol–water partition coefficient (Wildman–Crippen LogP) is 0.451. The summed E-state index contributed by atoms with van der Waals surface area (Å²) >= 11 is 0. The van der Waals surface area contributed by atoms with Gasteiger partial charge in [0.25, 0.3) is 0 Å². The largest absolute Gasteiger partial charge is 0.379 e. The first kappa shape index (κ1) is 9.61. The van der Waals surface area contributed by atoms with Crippen LogP contribution in [-0.4, -0.2) is 43.8 Å². The monoisotopic (exact) mass is 175 g/mol. The van der Waals surface area contributed by atoms with Crippen molar-refractivity contribution in [2.24, 2.45) is 5.92 Å². The lowest BCUT2D eigenvalue weighted by Crippen LogP contribution is -2.39. The average Bonchev–Trinajstić information content (AvgIpc) is 2.06. The van der Waals surface area contributed by atoms with Gasteiger partial charge >= 0.3 is 6.04 Å². The average molecular weight is 175 g/mol. The molecule has 1 heterocycles. The predicted molar refractivity (Wildman–Crippen MR) is 42.5 cm³/mol. The van der Waals surface area contributed by atoms with Crippen molar-refractivity contribution in [2.75, 3.05) is 32.8 Å². The first-order valence-corrected chi connectivity index (χ1v) is 4.19. The maximum atomic E-state index is 12.2. The smallest absolute Gasteiger partial charge is 0.305 e. The van der Waals surface area contributed by atoms with Gasteiger partial charge in [0.2, 0.25) is 0 Å². The van der Waals surface area contributed by atoms with Crippen LogP contribution in [0.2, 0.25) is 0 Å². The van der Waals surface area contributed by atoms with E-state index in [1.54, 1.807) is 6.92 Å². The van der Waals surface area contributed by atoms with Crippen LogP contribution in [0.15, 0.2) is 0 Å². The fraction of sp³-hybridized carbons (Fsp3) is 0.875. The van der Waals surface area contributed by atoms with Crippen LogP contribution >= 0.6 is 0 Å². The highest BCUT2D eigenvalue weighted by molar-refractivity contribution is 5.70. The Morgan fingerprint density at radius 1 is 1.58 bits per heavy atom. The second-order valence-electron chi connectivity index (χ2n) is 3.12. The van der Waals surface area contributed by atoms with Crippen LogP contribution in [0, 0.1) is 5.92 Å². The molecule has 0 bridgehead atoms. The van der Waals surface area contributed by atoms with Crippen LogP contribution in [0.4, 0.5) is 4.39 Å². The Kier molecular flexibility index (Phi) is 3.62. The molecule has 0 N–H and O–H groups in total. The van der Waals surface area contributed by atoms with E-state index in [0.29, 0.717) is 19.8 Å². The van der Waals surface area contributed by atoms with Crippen LogP contribution in [-0.2, 0) is 9.53 Å². The van der Waals surface area contributed by atoms with E-state index in [0.717, 1.165) is 13.1 Å². The number of carbonyl (C=O) groups is 1. The van der Waals surface area contributed by atoms with Crippen molar-refractivity contribution in [1.29, 1.82) is 0 Å². The molecule has 3 nitrogen and oxygen atoms in total. The molecular weight excluding hydrogens is 161 g/mol. The van der Waals surface area contributed by atoms with E-state index in [1.807, 2.05) is 4.90 Å². The molecule has 0 radical (unpaired) electrons. The third-order valence-electron chi connectivity index (χ3n) is 2.02. The molecule has 1 atom stereocenters. The summed E-state index contributed by atoms with van der Waals surface area (Å²) < 4.78 is 17.3. The molecule has 0 aromatic heterocycles. The topological polar surface area (TPSA) is 29.5 Å². The van der Waals surface area contributed by atoms with Crippen molar-refractivity contribution in [1.82, 2.24) is 4.90 Å². The molecule has 0 amide bonds. The van der Waals surface area contributed by atoms with Gasteiger partial charge in [-0.3, -0.25) is 9.69 Å². The van der Waals surface area contributed by atoms with Gasteiger partial charge in [0, 0.05) is 19.6 Å². The van der Waals surface area contributed by atoms with Gasteiger partial charge in [-0.25, -0.2) is 0 Å². The van der Waals surface area contributed by atoms with Crippen molar-refractivity contribution in [3.8, 4) is 0 Å². The Morgan fingerprint density at radius 2 is 2.17 bits per heavy atom. The minimum absolute atomic E-state index is 0.497. The van der Waals surface area contributed by atoms with Crippen molar-refractivity contribution < 1.29 is 13.9 Å². The fourth-order valence-electron chi connectivity index (χ4n) is 1.24. The van der Waals surface area contributed by atoms with E-state index >= 15 is 0 Å². The summed E-state index contributed by atoms with van der Waals surface area (Å²) in [6.07, 6.45) is 0. The molecule has 0 aliphatic carbocycles. The van der Waals surface area contributed by atoms with Crippen LogP contribution in [0.1, 0.15) is 6.92 Å². The first-order chi connectivity index (χ1) is 5.70. The van der Waals surface area contributed by atoms with Crippen LogP contribution in [0.25, 0.3) is 0 Å². The molecule has 70 valence electrons. The summed E-state index contributed by atoms with van der Waals surface area (Å²) in [4.78, 5) is 12.3. The maximum absolute atomic E-state index is 12.2. The van der Waals surface area contributed by atoms with Crippen molar-refractivity contribution in [3.63, 3.8) is 0 Å². The van der Waals surface area contributed by atoms with Gasteiger partial charge in [-0.1, -0.05) is 6.92 Å². The zero-order valence-corrected chi connectivity index (χ0v) is 7.25. The molecule has 1 fully saturated rings. The highest BCUT2D eigenvalue weighted by atomic mass is 19.1. The van der Waals surface area contributed by atoms with E-state index < -0.39 is 12.0 Å². The third-order valence-corrected chi connectivity index (χ3v) is 2.02. The Labute approximate surface area is 71.5 Å². The summed E-state index contributed by atoms with van der Waals surface area (Å²) in [7, 11) is 0. The van der Waals surface area contributed by atoms with E-state index in [2.05, 4.69) is 0 Å². The molecule has 1 rings (SSSR count). The Hall–Kier alpha value is -0.480. The summed E-state index contributed by atoms with van der Waals surface area (Å²) in [5, 5.41) is 0. The van der Waals surface area contributed by atoms with Crippen LogP contribution in [0.3, 0.4) is 0 Å². The standard InChI is InChI=1S/C8H14FNO2/c1-7(8(9)11)6-10-2-4-12-5-3-10/h7H,2-6H2,1H3. The molecule has 1 aliphatic rings. The van der Waals surface area contributed by atoms with Gasteiger partial charge in [-0.05, 0) is 0 Å². The van der Waals surface area contributed by atoms with Crippen molar-refractivity contribution in [3.05, 3.63) is 0 Å². The van der Waals surface area contributed by atoms with Gasteiger partial charge in [-0.2, -0.15) is 4.39 Å². The zero-order valence-electron chi connectivity index (χ0n) is 7.25. The van der Waals surface area contributed by atoms with Gasteiger partial charge < -0.3 is 4.74 Å². The summed E-state index contributed by atoms with van der Waals surface area (Å²) in [5.74, 6) is -0.497. The zero-order chi connectivity index (χ0) is 8.97. The Balaban J connectivity index is 2.24. The van der Waals surface area contributed by atoms with E-state index in [-0.39, 0.29) is 0 Å². The SMILES string of the molecule is CC(CN1CCOCC1)C(=O)F. The van der Waals surface area contributed by atoms with E-state index in [1.165, 1.54) is 0 Å². The second kappa shape index (κ2) is 4.52. The first-order valence-electron chi connectivity index (χ1n) is 4.19. The van der Waals surface area contributed by atoms with Crippen LogP contribution in [0.5, 0.6) is 0 Å². The summed E-state index contributed by atoms with van der Waals surface area (Å²) in [5.41, 5.74) is 0. The van der Waals surface area contributed by atoms with E-state index in [9.17, 15) is 9.18 Å². The number of hydrogen-bond acceptors (Lipinski definition) is 3. The lowest BCUT2D eigenvalue weighted by molar-refractivity contribution is -0.134. The molecule has 1 aliphatic heterocycles. The fourth-order valence-corrected chi connectivity index (χ4v) is 1.24. The number of morpholine rings is 1. The minimum atomic E-state index is -1.22. The van der Waals surface area contributed by atoms with Crippen molar-refractivity contribution in [2.45, 2.75) is 6.92 Å². The van der Waals surface area contributed by atoms with Gasteiger partial charge in [0.05, 0.1) is 19.1 Å². The Bertz CT molecular complexity index is 157. The molecule has 0 aromatic carbocycles. The van der Waals surface area contributed by atoms with Crippen molar-refractivity contribution >= 4 is 6.04 Å². The Morgan fingerprint density at radius 3 is 2.67 bits per heavy atom. The summed E-state index contributed by atoms with van der Waals surface area (Å²) in [6.45, 7) is 5.10. The lowest BCUT2D eigenvalue weighted by atomic mass is 10.2. The normalized spacial score (nSPS) is 22.2. The second-order valence-corrected chi connectivity index (χ2v) is 3.12. The van der Waals surface area contributed by atoms with Gasteiger partial charge in [0.15, 0.2) is 0 Å². The number of nitrogens with zero attached hydrogens (tertiary/aromatic N) is 1. The number of hydrogen-bond donors (Lipinski definition) is 0. The van der Waals surface area contributed by atoms with Crippen LogP contribution < -0.4 is 0 Å². The number of carbonyl (C=O) groups excluding carboxylic acids is 1. The summed E-state index contributed by atoms with van der Waals surface area (Å²) in [6, 6.07) is -1.22. The van der Waals surface area contributed by atoms with Gasteiger partial charge in [-0.15, -0.1) is 0 Å². The van der Waals surface area contributed by atoms with E-state index in [4.69, 9.17) is 4.74 Å². The molecule has 0 saturated carbocycles. The lowest BCUT2D eigenvalue weighted by Gasteiger charge is -2.27. The molecule has 0 aromatic rings. The number of halogens is 1. The minimum Gasteiger partial charge on any atom is -0.379 e. The molecular formula is C8H14FNO2. The van der Waals surface area contributed by atoms with Gasteiger partial charge in [0.1, 0.15) is 0 Å². The molecule has 0 spiro atoms. The number of rotatable bonds is 3. The molecule has 1 saturated heterocycles. The number of ether oxygens (including phenoxy) is 1. The quantitative estimate of drug-likeness (QED) is 0.583. The molecule has 1 unspecified atom stereocenters.